The third kappa shape index (κ3) is 5.90. The first-order chi connectivity index (χ1) is 26.0. The predicted molar refractivity (Wildman–Crippen MR) is 218 cm³/mol. The smallest absolute Gasteiger partial charge is 0.265 e. The number of fused-ring (bicyclic) bond motifs is 5. The first-order valence-electron chi connectivity index (χ1n) is 18.9. The van der Waals surface area contributed by atoms with Gasteiger partial charge in [-0.1, -0.05) is 93.0 Å². The normalized spacial score (nSPS) is 22.4. The van der Waals surface area contributed by atoms with Crippen LogP contribution in [0.15, 0.2) is 89.0 Å². The molecule has 0 saturated heterocycles. The molecule has 0 radical (unpaired) electrons. The average Bonchev–Trinajstić information content (AvgIpc) is 3.55. The number of carbonyl (C=O) groups excluding carboxylic acids is 2. The van der Waals surface area contributed by atoms with Crippen molar-refractivity contribution in [2.45, 2.75) is 76.9 Å². The maximum atomic E-state index is 15.7. The zero-order valence-electron chi connectivity index (χ0n) is 32.6. The van der Waals surface area contributed by atoms with E-state index >= 15 is 9.59 Å². The molecule has 1 N–H and O–H groups in total. The molecule has 0 spiro atoms. The molecule has 0 aliphatic heterocycles. The van der Waals surface area contributed by atoms with E-state index in [-0.39, 0.29) is 40.3 Å². The lowest BCUT2D eigenvalue weighted by molar-refractivity contribution is -0.140. The van der Waals surface area contributed by atoms with E-state index in [1.165, 1.54) is 0 Å². The summed E-state index contributed by atoms with van der Waals surface area (Å²) in [6.07, 6.45) is 0.951. The van der Waals surface area contributed by atoms with Crippen molar-refractivity contribution in [3.05, 3.63) is 123 Å². The van der Waals surface area contributed by atoms with E-state index in [2.05, 4.69) is 63.3 Å². The van der Waals surface area contributed by atoms with Crippen molar-refractivity contribution in [1.82, 2.24) is 10.1 Å². The topological polar surface area (TPSA) is 102 Å². The molecule has 0 bridgehead atoms. The molecule has 0 unspecified atom stereocenters. The Bertz CT molecular complexity index is 2390. The van der Waals surface area contributed by atoms with Crippen molar-refractivity contribution in [3.63, 3.8) is 0 Å². The van der Waals surface area contributed by atoms with Crippen LogP contribution in [0.2, 0.25) is 23.2 Å². The summed E-state index contributed by atoms with van der Waals surface area (Å²) in [5.41, 5.74) is 3.88. The number of ether oxygens (including phenoxy) is 1. The molecule has 1 fully saturated rings. The summed E-state index contributed by atoms with van der Waals surface area (Å²) < 4.78 is 19.5. The summed E-state index contributed by atoms with van der Waals surface area (Å²) in [4.78, 5) is 33.2. The number of benzene rings is 4. The fourth-order valence-electron chi connectivity index (χ4n) is 8.82. The van der Waals surface area contributed by atoms with Crippen LogP contribution in [-0.2, 0) is 22.2 Å². The Labute approximate surface area is 328 Å². The van der Waals surface area contributed by atoms with Gasteiger partial charge in [0.25, 0.3) is 5.88 Å². The number of aromatic nitrogens is 1. The van der Waals surface area contributed by atoms with Crippen LogP contribution < -0.4 is 4.74 Å². The van der Waals surface area contributed by atoms with Crippen LogP contribution in [0, 0.1) is 18.8 Å². The summed E-state index contributed by atoms with van der Waals surface area (Å²) in [6, 6.07) is 25.3. The lowest BCUT2D eigenvalue weighted by Crippen LogP contribution is -2.68. The van der Waals surface area contributed by atoms with Gasteiger partial charge in [-0.2, -0.15) is 0 Å². The minimum atomic E-state index is -2.85. The Morgan fingerprint density at radius 2 is 1.65 bits per heavy atom. The van der Waals surface area contributed by atoms with E-state index in [1.54, 1.807) is 0 Å². The van der Waals surface area contributed by atoms with Gasteiger partial charge in [0.15, 0.2) is 19.7 Å². The zero-order valence-corrected chi connectivity index (χ0v) is 34.4. The van der Waals surface area contributed by atoms with Crippen LogP contribution in [-0.4, -0.2) is 54.7 Å². The number of ketones is 2. The number of nitrogens with zero attached hydrogens (tertiary/aromatic N) is 2. The largest absolute Gasteiger partial charge is 0.507 e. The van der Waals surface area contributed by atoms with Gasteiger partial charge in [-0.05, 0) is 120 Å². The molecule has 1 aromatic heterocycles. The molecule has 1 heterocycles. The summed E-state index contributed by atoms with van der Waals surface area (Å²) in [5, 5.41) is 19.1. The molecule has 5 aromatic rings. The van der Waals surface area contributed by atoms with Crippen LogP contribution in [0.3, 0.4) is 0 Å². The van der Waals surface area contributed by atoms with Crippen LogP contribution in [0.1, 0.15) is 71.6 Å². The number of carbonyl (C=O) groups is 2. The summed E-state index contributed by atoms with van der Waals surface area (Å²) in [5.74, 6) is -1.63. The predicted octanol–water partition coefficient (Wildman–Crippen LogP) is 10.3. The van der Waals surface area contributed by atoms with Gasteiger partial charge in [-0.15, -0.1) is 0 Å². The van der Waals surface area contributed by atoms with Gasteiger partial charge in [-0.3, -0.25) is 14.5 Å². The minimum Gasteiger partial charge on any atom is -0.507 e. The Morgan fingerprint density at radius 3 is 2.33 bits per heavy atom. The Balaban J connectivity index is 1.30. The number of hydrogen-bond donors (Lipinski definition) is 1. The highest BCUT2D eigenvalue weighted by Crippen LogP contribution is 2.59. The summed E-state index contributed by atoms with van der Waals surface area (Å²) >= 11 is 6.18. The maximum absolute atomic E-state index is 15.7. The molecule has 55 heavy (non-hydrogen) atoms. The third-order valence-electron chi connectivity index (χ3n) is 12.6. The minimum absolute atomic E-state index is 0.0354. The third-order valence-corrected chi connectivity index (χ3v) is 17.3. The second kappa shape index (κ2) is 13.3. The van der Waals surface area contributed by atoms with Gasteiger partial charge in [-0.25, -0.2) is 0 Å². The highest BCUT2D eigenvalue weighted by Gasteiger charge is 2.68. The fourth-order valence-corrected chi connectivity index (χ4v) is 10.4. The molecule has 1 saturated carbocycles. The molecule has 8 rings (SSSR count). The molecule has 3 aliphatic rings. The molecular weight excluding hydrogens is 728 g/mol. The second-order valence-corrected chi connectivity index (χ2v) is 22.3. The molecule has 284 valence electrons. The molecule has 4 aromatic carbocycles. The first kappa shape index (κ1) is 37.4. The van der Waals surface area contributed by atoms with Crippen molar-refractivity contribution in [1.29, 1.82) is 0 Å². The zero-order chi connectivity index (χ0) is 39.2. The van der Waals surface area contributed by atoms with Gasteiger partial charge in [0.05, 0.1) is 6.04 Å². The molecule has 8 nitrogen and oxygen atoms in total. The quantitative estimate of drug-likeness (QED) is 0.129. The maximum Gasteiger partial charge on any atom is 0.265 e. The lowest BCUT2D eigenvalue weighted by Gasteiger charge is -2.55. The van der Waals surface area contributed by atoms with Crippen LogP contribution >= 0.6 is 11.6 Å². The monoisotopic (exact) mass is 774 g/mol. The van der Waals surface area contributed by atoms with Gasteiger partial charge in [0.2, 0.25) is 11.6 Å². The lowest BCUT2D eigenvalue weighted by atomic mass is 9.57. The number of aliphatic hydroxyl groups is 1. The Morgan fingerprint density at radius 1 is 0.964 bits per heavy atom. The number of aliphatic hydroxyl groups excluding tert-OH is 1. The van der Waals surface area contributed by atoms with Gasteiger partial charge >= 0.3 is 0 Å². The van der Waals surface area contributed by atoms with Crippen molar-refractivity contribution in [2.75, 3.05) is 14.1 Å². The highest BCUT2D eigenvalue weighted by atomic mass is 35.5. The average molecular weight is 775 g/mol. The van der Waals surface area contributed by atoms with Gasteiger partial charge in [0.1, 0.15) is 17.9 Å². The van der Waals surface area contributed by atoms with E-state index in [9.17, 15) is 5.11 Å². The van der Waals surface area contributed by atoms with Crippen LogP contribution in [0.25, 0.3) is 27.7 Å². The molecular formula is C45H47ClN2O6Si. The Hall–Kier alpha value is -4.54. The highest BCUT2D eigenvalue weighted by molar-refractivity contribution is 6.74. The van der Waals surface area contributed by atoms with Crippen molar-refractivity contribution in [2.24, 2.45) is 11.8 Å². The van der Waals surface area contributed by atoms with Crippen molar-refractivity contribution < 1.29 is 28.4 Å². The molecule has 0 amide bonds. The van der Waals surface area contributed by atoms with E-state index in [1.807, 2.05) is 80.5 Å². The van der Waals surface area contributed by atoms with E-state index in [0.717, 1.165) is 38.6 Å². The number of rotatable bonds is 7. The number of Topliss-reactive ketones (excluding diaryl/α,β-unsaturated/α-hetero) is 2. The second-order valence-electron chi connectivity index (χ2n) is 17.1. The number of aryl methyl sites for hydroxylation is 1. The van der Waals surface area contributed by atoms with Gasteiger partial charge < -0.3 is 18.8 Å². The van der Waals surface area contributed by atoms with Crippen molar-refractivity contribution in [3.8, 4) is 17.0 Å². The molecule has 10 heteroatoms. The molecule has 3 aliphatic carbocycles. The Kier molecular flexibility index (Phi) is 9.04. The number of halogens is 1. The first-order valence-corrected chi connectivity index (χ1v) is 22.2. The summed E-state index contributed by atoms with van der Waals surface area (Å²) in [7, 11) is 0.993. The fraction of sp³-hybridized carbons (Fsp3) is 0.356. The number of hydrogen-bond acceptors (Lipinski definition) is 8. The van der Waals surface area contributed by atoms with E-state index < -0.39 is 37.4 Å². The van der Waals surface area contributed by atoms with Crippen LogP contribution in [0.4, 0.5) is 0 Å². The molecule has 4 atom stereocenters. The van der Waals surface area contributed by atoms with Crippen LogP contribution in [0.5, 0.6) is 5.88 Å². The van der Waals surface area contributed by atoms with E-state index in [4.69, 9.17) is 25.3 Å². The summed E-state index contributed by atoms with van der Waals surface area (Å²) in [6.45, 7) is 12.6. The van der Waals surface area contributed by atoms with E-state index in [0.29, 0.717) is 29.2 Å². The van der Waals surface area contributed by atoms with Gasteiger partial charge in [0, 0.05) is 22.1 Å². The van der Waals surface area contributed by atoms with Crippen molar-refractivity contribution >= 4 is 48.0 Å². The standard InChI is InChI=1S/C45H47ClN2O6Si/c1-25-33-22-28(27-16-18-32(46)19-17-27)14-15-29(33)20-30-21-31-23-34-38(48(5)6)40-37(43(47-53-40)52-24-26-12-10-9-11-13-26)42(51)45(34,54-55(7,8)44(2,3)4)41(50)36(31)39(49)35(25)30/h9-20,22,31,34,38,49H,21,23-24H2,1-8H3/t31-,34-,38-,45-/m0/s1. The SMILES string of the molecule is Cc1c2c(cc3ccc(-c4ccc(Cl)cc4)cc13)C[C@H]1C[C@H]3[C@H](N(C)C)c4onc(OCc5ccccc5)c4C(=O)[C@@]3(O[Si](C)(C)C(C)(C)C)C(=O)C1=C2O.